The van der Waals surface area contributed by atoms with Crippen LogP contribution in [0.25, 0.3) is 0 Å². The van der Waals surface area contributed by atoms with Gasteiger partial charge in [-0.2, -0.15) is 0 Å². The van der Waals surface area contributed by atoms with Crippen molar-refractivity contribution in [2.75, 3.05) is 6.61 Å². The molecule has 2 aliphatic rings. The number of hydrogen-bond donors (Lipinski definition) is 0. The molecule has 2 heterocycles. The van der Waals surface area contributed by atoms with Crippen molar-refractivity contribution in [3.05, 3.63) is 11.6 Å². The average molecular weight is 249 g/mol. The van der Waals surface area contributed by atoms with Gasteiger partial charge in [0, 0.05) is 13.0 Å². The maximum atomic E-state index is 12.4. The van der Waals surface area contributed by atoms with Crippen LogP contribution in [0.1, 0.15) is 50.7 Å². The van der Waals surface area contributed by atoms with Crippen LogP contribution in [0.3, 0.4) is 0 Å². The molecule has 0 bridgehead atoms. The van der Waals surface area contributed by atoms with E-state index in [1.54, 1.807) is 0 Å². The Morgan fingerprint density at radius 3 is 2.83 bits per heavy atom. The molecule has 18 heavy (non-hydrogen) atoms. The van der Waals surface area contributed by atoms with E-state index in [9.17, 15) is 4.79 Å². The SMILES string of the molecule is CCOC(=O)C1(c2nnc3n2CCC3)CCCC1. The van der Waals surface area contributed by atoms with Gasteiger partial charge in [-0.05, 0) is 26.2 Å². The summed E-state index contributed by atoms with van der Waals surface area (Å²) in [6.45, 7) is 3.23. The Labute approximate surface area is 107 Å². The molecule has 0 spiro atoms. The van der Waals surface area contributed by atoms with Crippen LogP contribution in [0.4, 0.5) is 0 Å². The van der Waals surface area contributed by atoms with Crippen molar-refractivity contribution >= 4 is 5.97 Å². The van der Waals surface area contributed by atoms with E-state index in [-0.39, 0.29) is 5.97 Å². The molecule has 0 aromatic carbocycles. The first kappa shape index (κ1) is 11.7. The van der Waals surface area contributed by atoms with Gasteiger partial charge in [-0.15, -0.1) is 10.2 Å². The Morgan fingerprint density at radius 2 is 2.11 bits per heavy atom. The average Bonchev–Trinajstić information content (AvgIpc) is 3.05. The molecule has 98 valence electrons. The van der Waals surface area contributed by atoms with E-state index < -0.39 is 5.41 Å². The fourth-order valence-corrected chi connectivity index (χ4v) is 3.27. The monoisotopic (exact) mass is 249 g/mol. The number of carbonyl (C=O) groups is 1. The summed E-state index contributed by atoms with van der Waals surface area (Å²) in [5.74, 6) is 1.77. The van der Waals surface area contributed by atoms with Crippen molar-refractivity contribution in [3.63, 3.8) is 0 Å². The predicted molar refractivity (Wildman–Crippen MR) is 65.1 cm³/mol. The highest BCUT2D eigenvalue weighted by molar-refractivity contribution is 5.82. The lowest BCUT2D eigenvalue weighted by atomic mass is 9.85. The zero-order chi connectivity index (χ0) is 12.6. The van der Waals surface area contributed by atoms with Crippen molar-refractivity contribution < 1.29 is 9.53 Å². The zero-order valence-electron chi connectivity index (χ0n) is 10.8. The van der Waals surface area contributed by atoms with E-state index in [4.69, 9.17) is 4.74 Å². The van der Waals surface area contributed by atoms with Gasteiger partial charge >= 0.3 is 5.97 Å². The lowest BCUT2D eigenvalue weighted by Crippen LogP contribution is -2.37. The predicted octanol–water partition coefficient (Wildman–Crippen LogP) is 1.60. The second kappa shape index (κ2) is 4.37. The summed E-state index contributed by atoms with van der Waals surface area (Å²) in [7, 11) is 0. The van der Waals surface area contributed by atoms with Gasteiger partial charge in [-0.3, -0.25) is 4.79 Å². The van der Waals surface area contributed by atoms with Crippen LogP contribution in [0.15, 0.2) is 0 Å². The molecule has 3 rings (SSSR count). The maximum Gasteiger partial charge on any atom is 0.319 e. The van der Waals surface area contributed by atoms with Crippen molar-refractivity contribution in [1.29, 1.82) is 0 Å². The van der Waals surface area contributed by atoms with E-state index in [0.29, 0.717) is 6.61 Å². The first-order valence-corrected chi connectivity index (χ1v) is 6.88. The van der Waals surface area contributed by atoms with Crippen molar-refractivity contribution in [3.8, 4) is 0 Å². The molecule has 0 amide bonds. The number of esters is 1. The molecule has 1 aromatic rings. The maximum absolute atomic E-state index is 12.4. The molecule has 0 unspecified atom stereocenters. The molecular formula is C13H19N3O2. The Hall–Kier alpha value is -1.39. The Balaban J connectivity index is 2.01. The van der Waals surface area contributed by atoms with Gasteiger partial charge in [-0.1, -0.05) is 12.8 Å². The Bertz CT molecular complexity index is 461. The summed E-state index contributed by atoms with van der Waals surface area (Å²) in [5, 5.41) is 8.54. The normalized spacial score (nSPS) is 20.9. The topological polar surface area (TPSA) is 57.0 Å². The van der Waals surface area contributed by atoms with Gasteiger partial charge in [-0.25, -0.2) is 0 Å². The van der Waals surface area contributed by atoms with E-state index in [0.717, 1.165) is 56.7 Å². The summed E-state index contributed by atoms with van der Waals surface area (Å²) in [4.78, 5) is 12.4. The highest BCUT2D eigenvalue weighted by atomic mass is 16.5. The van der Waals surface area contributed by atoms with Crippen LogP contribution >= 0.6 is 0 Å². The number of rotatable bonds is 3. The summed E-state index contributed by atoms with van der Waals surface area (Å²) >= 11 is 0. The molecule has 0 radical (unpaired) electrons. The van der Waals surface area contributed by atoms with Gasteiger partial charge < -0.3 is 9.30 Å². The van der Waals surface area contributed by atoms with Crippen molar-refractivity contribution in [2.24, 2.45) is 0 Å². The van der Waals surface area contributed by atoms with E-state index >= 15 is 0 Å². The van der Waals surface area contributed by atoms with Crippen LogP contribution < -0.4 is 0 Å². The standard InChI is InChI=1S/C13H19N3O2/c1-2-18-12(17)13(7-3-4-8-13)11-15-14-10-6-5-9-16(10)11/h2-9H2,1H3. The van der Waals surface area contributed by atoms with Gasteiger partial charge in [0.2, 0.25) is 0 Å². The molecular weight excluding hydrogens is 230 g/mol. The number of ether oxygens (including phenoxy) is 1. The lowest BCUT2D eigenvalue weighted by molar-refractivity contribution is -0.150. The number of aryl methyl sites for hydroxylation is 1. The summed E-state index contributed by atoms with van der Waals surface area (Å²) in [5.41, 5.74) is -0.522. The molecule has 1 saturated carbocycles. The third-order valence-electron chi connectivity index (χ3n) is 4.16. The number of nitrogens with zero attached hydrogens (tertiary/aromatic N) is 3. The molecule has 1 aromatic heterocycles. The summed E-state index contributed by atoms with van der Waals surface area (Å²) in [6, 6.07) is 0. The van der Waals surface area contributed by atoms with Gasteiger partial charge in [0.1, 0.15) is 11.2 Å². The van der Waals surface area contributed by atoms with E-state index in [2.05, 4.69) is 14.8 Å². The first-order chi connectivity index (χ1) is 8.78. The van der Waals surface area contributed by atoms with Crippen LogP contribution in [-0.2, 0) is 27.9 Å². The Morgan fingerprint density at radius 1 is 1.33 bits per heavy atom. The van der Waals surface area contributed by atoms with Crippen LogP contribution in [-0.4, -0.2) is 27.3 Å². The summed E-state index contributed by atoms with van der Waals surface area (Å²) < 4.78 is 7.43. The molecule has 1 aliphatic heterocycles. The molecule has 0 saturated heterocycles. The first-order valence-electron chi connectivity index (χ1n) is 6.88. The Kier molecular flexibility index (Phi) is 2.84. The van der Waals surface area contributed by atoms with Gasteiger partial charge in [0.05, 0.1) is 6.61 Å². The lowest BCUT2D eigenvalue weighted by Gasteiger charge is -2.25. The smallest absolute Gasteiger partial charge is 0.319 e. The van der Waals surface area contributed by atoms with E-state index in [1.807, 2.05) is 6.92 Å². The second-order valence-corrected chi connectivity index (χ2v) is 5.20. The minimum absolute atomic E-state index is 0.107. The quantitative estimate of drug-likeness (QED) is 0.763. The fourth-order valence-electron chi connectivity index (χ4n) is 3.27. The molecule has 0 N–H and O–H groups in total. The number of carbonyl (C=O) groups excluding carboxylic acids is 1. The van der Waals surface area contributed by atoms with Crippen LogP contribution in [0, 0.1) is 0 Å². The van der Waals surface area contributed by atoms with Gasteiger partial charge in [0.25, 0.3) is 0 Å². The number of hydrogen-bond acceptors (Lipinski definition) is 4. The third-order valence-corrected chi connectivity index (χ3v) is 4.16. The van der Waals surface area contributed by atoms with Crippen molar-refractivity contribution in [1.82, 2.24) is 14.8 Å². The second-order valence-electron chi connectivity index (χ2n) is 5.20. The van der Waals surface area contributed by atoms with E-state index in [1.165, 1.54) is 0 Å². The number of aromatic nitrogens is 3. The molecule has 5 nitrogen and oxygen atoms in total. The van der Waals surface area contributed by atoms with Gasteiger partial charge in [0.15, 0.2) is 5.82 Å². The van der Waals surface area contributed by atoms with Crippen molar-refractivity contribution in [2.45, 2.75) is 57.4 Å². The molecule has 0 atom stereocenters. The zero-order valence-corrected chi connectivity index (χ0v) is 10.8. The van der Waals surface area contributed by atoms with Crippen LogP contribution in [0.5, 0.6) is 0 Å². The minimum Gasteiger partial charge on any atom is -0.465 e. The number of fused-ring (bicyclic) bond motifs is 1. The summed E-state index contributed by atoms with van der Waals surface area (Å²) in [6.07, 6.45) is 5.93. The highest BCUT2D eigenvalue weighted by Gasteiger charge is 2.48. The van der Waals surface area contributed by atoms with Crippen LogP contribution in [0.2, 0.25) is 0 Å². The third kappa shape index (κ3) is 1.56. The fraction of sp³-hybridized carbons (Fsp3) is 0.769. The minimum atomic E-state index is -0.522. The highest BCUT2D eigenvalue weighted by Crippen LogP contribution is 2.42. The molecule has 5 heteroatoms. The largest absolute Gasteiger partial charge is 0.465 e. The molecule has 1 aliphatic carbocycles. The molecule has 1 fully saturated rings.